The van der Waals surface area contributed by atoms with Gasteiger partial charge in [-0.3, -0.25) is 9.69 Å². The molecule has 1 amide bonds. The van der Waals surface area contributed by atoms with E-state index in [1.165, 1.54) is 5.56 Å². The fraction of sp³-hybridized carbons (Fsp3) is 0.562. The number of likely N-dealkylation sites (N-methyl/N-ethyl adjacent to an activating group) is 1. The minimum absolute atomic E-state index is 0.217. The molecule has 1 atom stereocenters. The minimum Gasteiger partial charge on any atom is -0.338 e. The zero-order valence-electron chi connectivity index (χ0n) is 12.3. The van der Waals surface area contributed by atoms with Gasteiger partial charge in [-0.15, -0.1) is 0 Å². The number of nitrogens with two attached hydrogens (primary N) is 1. The predicted octanol–water partition coefficient (Wildman–Crippen LogP) is 1.32. The molecule has 0 aliphatic carbocycles. The maximum absolute atomic E-state index is 12.4. The highest BCUT2D eigenvalue weighted by atomic mass is 16.2. The number of hydrogen-bond donors (Lipinski definition) is 1. The molecule has 1 aromatic rings. The van der Waals surface area contributed by atoms with Gasteiger partial charge in [0, 0.05) is 19.6 Å². The quantitative estimate of drug-likeness (QED) is 0.852. The normalized spacial score (nSPS) is 19.2. The van der Waals surface area contributed by atoms with Gasteiger partial charge in [0.1, 0.15) is 0 Å². The number of hydrogen-bond acceptors (Lipinski definition) is 3. The molecular formula is C16H25N3O. The van der Waals surface area contributed by atoms with Crippen molar-refractivity contribution in [1.82, 2.24) is 9.80 Å². The van der Waals surface area contributed by atoms with Crippen LogP contribution in [0.3, 0.4) is 0 Å². The van der Waals surface area contributed by atoms with E-state index in [2.05, 4.69) is 17.0 Å². The maximum atomic E-state index is 12.4. The average molecular weight is 275 g/mol. The highest BCUT2D eigenvalue weighted by Gasteiger charge is 2.24. The first-order valence-electron chi connectivity index (χ1n) is 7.47. The van der Waals surface area contributed by atoms with Crippen molar-refractivity contribution in [3.63, 3.8) is 0 Å². The molecule has 0 aromatic heterocycles. The Hall–Kier alpha value is -1.39. The van der Waals surface area contributed by atoms with Crippen LogP contribution in [0.2, 0.25) is 0 Å². The van der Waals surface area contributed by atoms with Crippen molar-refractivity contribution < 1.29 is 4.79 Å². The fourth-order valence-corrected chi connectivity index (χ4v) is 2.72. The summed E-state index contributed by atoms with van der Waals surface area (Å²) in [7, 11) is 0. The third kappa shape index (κ3) is 4.05. The average Bonchev–Trinajstić information content (AvgIpc) is 2.93. The van der Waals surface area contributed by atoms with Crippen LogP contribution in [0.15, 0.2) is 30.3 Å². The second-order valence-electron chi connectivity index (χ2n) is 5.52. The minimum atomic E-state index is 0.217. The van der Waals surface area contributed by atoms with Gasteiger partial charge in [0.25, 0.3) is 0 Å². The zero-order chi connectivity index (χ0) is 14.4. The molecule has 1 aromatic carbocycles. The van der Waals surface area contributed by atoms with E-state index in [0.29, 0.717) is 19.0 Å². The molecule has 0 saturated carbocycles. The van der Waals surface area contributed by atoms with Crippen LogP contribution >= 0.6 is 0 Å². The molecule has 1 aliphatic rings. The lowest BCUT2D eigenvalue weighted by molar-refractivity contribution is -0.132. The Labute approximate surface area is 121 Å². The molecule has 2 rings (SSSR count). The number of nitrogens with zero attached hydrogens (tertiary/aromatic N) is 2. The van der Waals surface area contributed by atoms with Gasteiger partial charge in [-0.25, -0.2) is 0 Å². The summed E-state index contributed by atoms with van der Waals surface area (Å²) in [5.74, 6) is 0.779. The Morgan fingerprint density at radius 3 is 2.75 bits per heavy atom. The van der Waals surface area contributed by atoms with Crippen molar-refractivity contribution in [2.45, 2.75) is 19.9 Å². The van der Waals surface area contributed by atoms with Crippen LogP contribution in [0, 0.1) is 5.92 Å². The molecule has 1 fully saturated rings. The molecule has 0 radical (unpaired) electrons. The van der Waals surface area contributed by atoms with E-state index in [1.807, 2.05) is 30.0 Å². The fourth-order valence-electron chi connectivity index (χ4n) is 2.72. The van der Waals surface area contributed by atoms with E-state index in [9.17, 15) is 4.79 Å². The molecule has 1 unspecified atom stereocenters. The summed E-state index contributed by atoms with van der Waals surface area (Å²) in [6, 6.07) is 10.2. The smallest absolute Gasteiger partial charge is 0.237 e. The van der Waals surface area contributed by atoms with Crippen molar-refractivity contribution >= 4 is 5.91 Å². The summed E-state index contributed by atoms with van der Waals surface area (Å²) in [5.41, 5.74) is 6.88. The number of carbonyl (C=O) groups is 1. The lowest BCUT2D eigenvalue weighted by Crippen LogP contribution is -2.39. The topological polar surface area (TPSA) is 49.6 Å². The first-order valence-corrected chi connectivity index (χ1v) is 7.47. The van der Waals surface area contributed by atoms with Gasteiger partial charge in [0.05, 0.1) is 6.54 Å². The molecule has 4 nitrogen and oxygen atoms in total. The molecular weight excluding hydrogens is 250 g/mol. The van der Waals surface area contributed by atoms with Crippen LogP contribution in [-0.4, -0.2) is 48.4 Å². The van der Waals surface area contributed by atoms with Crippen molar-refractivity contribution in [3.05, 3.63) is 35.9 Å². The number of rotatable bonds is 6. The number of likely N-dealkylation sites (tertiary alicyclic amines) is 1. The summed E-state index contributed by atoms with van der Waals surface area (Å²) >= 11 is 0. The van der Waals surface area contributed by atoms with Crippen molar-refractivity contribution in [2.75, 3.05) is 32.7 Å². The van der Waals surface area contributed by atoms with Crippen LogP contribution in [0.1, 0.15) is 18.9 Å². The lowest BCUT2D eigenvalue weighted by Gasteiger charge is -2.24. The molecule has 1 aliphatic heterocycles. The second kappa shape index (κ2) is 7.41. The molecule has 1 heterocycles. The molecule has 0 spiro atoms. The highest BCUT2D eigenvalue weighted by molar-refractivity contribution is 5.78. The molecule has 0 bridgehead atoms. The molecule has 4 heteroatoms. The van der Waals surface area contributed by atoms with E-state index in [-0.39, 0.29) is 5.91 Å². The highest BCUT2D eigenvalue weighted by Crippen LogP contribution is 2.15. The van der Waals surface area contributed by atoms with E-state index in [4.69, 9.17) is 5.73 Å². The van der Waals surface area contributed by atoms with Crippen molar-refractivity contribution in [1.29, 1.82) is 0 Å². The van der Waals surface area contributed by atoms with Gasteiger partial charge < -0.3 is 10.6 Å². The third-order valence-electron chi connectivity index (χ3n) is 4.01. The van der Waals surface area contributed by atoms with Crippen LogP contribution in [-0.2, 0) is 11.3 Å². The molecule has 2 N–H and O–H groups in total. The summed E-state index contributed by atoms with van der Waals surface area (Å²) in [6.07, 6.45) is 1.12. The predicted molar refractivity (Wildman–Crippen MR) is 81.1 cm³/mol. The van der Waals surface area contributed by atoms with Crippen LogP contribution in [0.5, 0.6) is 0 Å². The van der Waals surface area contributed by atoms with Gasteiger partial charge in [0.2, 0.25) is 5.91 Å². The van der Waals surface area contributed by atoms with Crippen LogP contribution < -0.4 is 5.73 Å². The zero-order valence-corrected chi connectivity index (χ0v) is 12.3. The number of carbonyl (C=O) groups excluding carboxylic acids is 1. The van der Waals surface area contributed by atoms with E-state index in [1.54, 1.807) is 0 Å². The van der Waals surface area contributed by atoms with Crippen molar-refractivity contribution in [3.8, 4) is 0 Å². The summed E-state index contributed by atoms with van der Waals surface area (Å²) in [5, 5.41) is 0. The van der Waals surface area contributed by atoms with Gasteiger partial charge in [0.15, 0.2) is 0 Å². The number of amides is 1. The van der Waals surface area contributed by atoms with Gasteiger partial charge in [-0.1, -0.05) is 30.3 Å². The van der Waals surface area contributed by atoms with E-state index < -0.39 is 0 Å². The lowest BCUT2D eigenvalue weighted by atomic mass is 10.1. The maximum Gasteiger partial charge on any atom is 0.237 e. The first-order chi connectivity index (χ1) is 9.72. The van der Waals surface area contributed by atoms with Gasteiger partial charge in [-0.05, 0) is 37.9 Å². The third-order valence-corrected chi connectivity index (χ3v) is 4.01. The molecule has 20 heavy (non-hydrogen) atoms. The monoisotopic (exact) mass is 275 g/mol. The number of benzene rings is 1. The van der Waals surface area contributed by atoms with Gasteiger partial charge in [-0.2, -0.15) is 0 Å². The summed E-state index contributed by atoms with van der Waals surface area (Å²) in [6.45, 7) is 6.70. The Balaban J connectivity index is 1.86. The van der Waals surface area contributed by atoms with E-state index in [0.717, 1.165) is 32.6 Å². The standard InChI is InChI=1S/C16H25N3O/c1-2-19(12-14-6-4-3-5-7-14)16(20)13-18-9-8-15(10-17)11-18/h3-7,15H,2,8-13,17H2,1H3. The Morgan fingerprint density at radius 1 is 1.40 bits per heavy atom. The first kappa shape index (κ1) is 15.0. The molecule has 110 valence electrons. The largest absolute Gasteiger partial charge is 0.338 e. The SMILES string of the molecule is CCN(Cc1ccccc1)C(=O)CN1CCC(CN)C1. The van der Waals surface area contributed by atoms with Crippen LogP contribution in [0.25, 0.3) is 0 Å². The van der Waals surface area contributed by atoms with Gasteiger partial charge >= 0.3 is 0 Å². The summed E-state index contributed by atoms with van der Waals surface area (Å²) < 4.78 is 0. The molecule has 1 saturated heterocycles. The Kier molecular flexibility index (Phi) is 5.56. The summed E-state index contributed by atoms with van der Waals surface area (Å²) in [4.78, 5) is 16.5. The second-order valence-corrected chi connectivity index (χ2v) is 5.52. The Bertz CT molecular complexity index is 421. The Morgan fingerprint density at radius 2 is 2.15 bits per heavy atom. The van der Waals surface area contributed by atoms with E-state index >= 15 is 0 Å². The van der Waals surface area contributed by atoms with Crippen LogP contribution in [0.4, 0.5) is 0 Å². The van der Waals surface area contributed by atoms with Crippen molar-refractivity contribution in [2.24, 2.45) is 11.7 Å².